The van der Waals surface area contributed by atoms with Crippen LogP contribution in [0.3, 0.4) is 0 Å². The van der Waals surface area contributed by atoms with Crippen LogP contribution in [0.25, 0.3) is 0 Å². The molecule has 5 nitrogen and oxygen atoms in total. The van der Waals surface area contributed by atoms with Gasteiger partial charge in [0.2, 0.25) is 0 Å². The first-order valence-electron chi connectivity index (χ1n) is 7.09. The molecule has 2 unspecified atom stereocenters. The molecule has 1 amide bonds. The molecule has 1 aromatic rings. The number of nitrogens with zero attached hydrogens (tertiary/aromatic N) is 1. The Bertz CT molecular complexity index is 480. The molecular weight excluding hydrogens is 276 g/mol. The van der Waals surface area contributed by atoms with Crippen LogP contribution in [0.5, 0.6) is 0 Å². The lowest BCUT2D eigenvalue weighted by molar-refractivity contribution is 0.0904. The number of pyridine rings is 1. The fraction of sp³-hybridized carbons (Fsp3) is 0.571. The first-order valence-corrected chi connectivity index (χ1v) is 7.47. The van der Waals surface area contributed by atoms with Gasteiger partial charge in [-0.25, -0.2) is 10.8 Å². The predicted octanol–water partition coefficient (Wildman–Crippen LogP) is 2.72. The number of hydrogen-bond acceptors (Lipinski definition) is 4. The SMILES string of the molecule is CCC1CCCCC1NC(=O)c1cc(Cl)nc(NN)c1. The van der Waals surface area contributed by atoms with Gasteiger partial charge in [0.25, 0.3) is 5.91 Å². The minimum Gasteiger partial charge on any atom is -0.349 e. The first-order chi connectivity index (χ1) is 9.63. The van der Waals surface area contributed by atoms with Crippen molar-refractivity contribution in [2.45, 2.75) is 45.1 Å². The predicted molar refractivity (Wildman–Crippen MR) is 80.6 cm³/mol. The van der Waals surface area contributed by atoms with Crippen LogP contribution in [-0.4, -0.2) is 16.9 Å². The van der Waals surface area contributed by atoms with Crippen molar-refractivity contribution in [3.05, 3.63) is 22.8 Å². The molecule has 1 saturated carbocycles. The summed E-state index contributed by atoms with van der Waals surface area (Å²) in [5.41, 5.74) is 2.90. The third kappa shape index (κ3) is 3.61. The Balaban J connectivity index is 2.09. The van der Waals surface area contributed by atoms with E-state index < -0.39 is 0 Å². The number of hydrogen-bond donors (Lipinski definition) is 3. The zero-order valence-corrected chi connectivity index (χ0v) is 12.4. The van der Waals surface area contributed by atoms with Crippen LogP contribution < -0.4 is 16.6 Å². The van der Waals surface area contributed by atoms with Crippen LogP contribution in [0.1, 0.15) is 49.4 Å². The van der Waals surface area contributed by atoms with Crippen molar-refractivity contribution in [3.63, 3.8) is 0 Å². The van der Waals surface area contributed by atoms with E-state index in [1.165, 1.54) is 19.3 Å². The lowest BCUT2D eigenvalue weighted by atomic mass is 9.83. The summed E-state index contributed by atoms with van der Waals surface area (Å²) in [4.78, 5) is 16.3. The van der Waals surface area contributed by atoms with Crippen molar-refractivity contribution in [3.8, 4) is 0 Å². The lowest BCUT2D eigenvalue weighted by Gasteiger charge is -2.31. The molecular formula is C14H21ClN4O. The van der Waals surface area contributed by atoms with Crippen molar-refractivity contribution >= 4 is 23.3 Å². The third-order valence-electron chi connectivity index (χ3n) is 3.95. The van der Waals surface area contributed by atoms with Gasteiger partial charge in [-0.1, -0.05) is 37.8 Å². The van der Waals surface area contributed by atoms with Gasteiger partial charge in [-0.3, -0.25) is 4.79 Å². The lowest BCUT2D eigenvalue weighted by Crippen LogP contribution is -2.42. The van der Waals surface area contributed by atoms with E-state index in [0.717, 1.165) is 12.8 Å². The fourth-order valence-electron chi connectivity index (χ4n) is 2.84. The Morgan fingerprint density at radius 2 is 2.20 bits per heavy atom. The second-order valence-electron chi connectivity index (χ2n) is 5.24. The van der Waals surface area contributed by atoms with Crippen LogP contribution in [-0.2, 0) is 0 Å². The number of hydrazine groups is 1. The maximum Gasteiger partial charge on any atom is 0.251 e. The summed E-state index contributed by atoms with van der Waals surface area (Å²) < 4.78 is 0. The molecule has 2 atom stereocenters. The Labute approximate surface area is 124 Å². The number of aromatic nitrogens is 1. The summed E-state index contributed by atoms with van der Waals surface area (Å²) in [7, 11) is 0. The summed E-state index contributed by atoms with van der Waals surface area (Å²) in [6, 6.07) is 3.41. The van der Waals surface area contributed by atoms with Crippen LogP contribution in [0.4, 0.5) is 5.82 Å². The number of nitrogen functional groups attached to an aromatic ring is 1. The molecule has 1 heterocycles. The van der Waals surface area contributed by atoms with Gasteiger partial charge in [0.05, 0.1) is 0 Å². The van der Waals surface area contributed by atoms with Gasteiger partial charge in [-0.15, -0.1) is 0 Å². The van der Waals surface area contributed by atoms with Crippen molar-refractivity contribution in [2.75, 3.05) is 5.43 Å². The monoisotopic (exact) mass is 296 g/mol. The van der Waals surface area contributed by atoms with Crippen LogP contribution in [0.15, 0.2) is 12.1 Å². The van der Waals surface area contributed by atoms with Gasteiger partial charge in [-0.05, 0) is 30.9 Å². The third-order valence-corrected chi connectivity index (χ3v) is 4.15. The molecule has 110 valence electrons. The number of nitrogens with two attached hydrogens (primary N) is 1. The van der Waals surface area contributed by atoms with Crippen LogP contribution in [0.2, 0.25) is 5.15 Å². The average molecular weight is 297 g/mol. The molecule has 0 bridgehead atoms. The standard InChI is InChI=1S/C14H21ClN4O/c1-2-9-5-3-4-6-11(9)17-14(20)10-7-12(15)18-13(8-10)19-16/h7-9,11H,2-6,16H2,1H3,(H,17,20)(H,18,19). The van der Waals surface area contributed by atoms with Gasteiger partial charge < -0.3 is 10.7 Å². The number of halogens is 1. The van der Waals surface area contributed by atoms with E-state index in [1.54, 1.807) is 12.1 Å². The molecule has 1 aromatic heterocycles. The van der Waals surface area contributed by atoms with E-state index in [1.807, 2.05) is 0 Å². The molecule has 2 rings (SSSR count). The summed E-state index contributed by atoms with van der Waals surface area (Å²) >= 11 is 5.88. The fourth-order valence-corrected chi connectivity index (χ4v) is 3.05. The Kier molecular flexibility index (Phi) is 5.20. The van der Waals surface area contributed by atoms with E-state index in [2.05, 4.69) is 22.7 Å². The highest BCUT2D eigenvalue weighted by atomic mass is 35.5. The molecule has 0 aromatic carbocycles. The zero-order chi connectivity index (χ0) is 14.5. The number of carbonyl (C=O) groups is 1. The molecule has 0 aliphatic heterocycles. The van der Waals surface area contributed by atoms with E-state index in [9.17, 15) is 4.79 Å². The maximum absolute atomic E-state index is 12.3. The summed E-state index contributed by atoms with van der Waals surface area (Å²) in [6.07, 6.45) is 5.76. The molecule has 0 radical (unpaired) electrons. The maximum atomic E-state index is 12.3. The van der Waals surface area contributed by atoms with Gasteiger partial charge >= 0.3 is 0 Å². The van der Waals surface area contributed by atoms with Crippen molar-refractivity contribution in [2.24, 2.45) is 11.8 Å². The highest BCUT2D eigenvalue weighted by Gasteiger charge is 2.25. The summed E-state index contributed by atoms with van der Waals surface area (Å²) in [5, 5.41) is 3.37. The topological polar surface area (TPSA) is 80.0 Å². The molecule has 1 aliphatic carbocycles. The Morgan fingerprint density at radius 1 is 1.45 bits per heavy atom. The Morgan fingerprint density at radius 3 is 2.90 bits per heavy atom. The minimum absolute atomic E-state index is 0.115. The van der Waals surface area contributed by atoms with Crippen molar-refractivity contribution < 1.29 is 4.79 Å². The first kappa shape index (κ1) is 15.1. The van der Waals surface area contributed by atoms with E-state index in [-0.39, 0.29) is 17.1 Å². The molecule has 6 heteroatoms. The molecule has 0 spiro atoms. The van der Waals surface area contributed by atoms with Crippen LogP contribution >= 0.6 is 11.6 Å². The number of amides is 1. The number of nitrogens with one attached hydrogen (secondary N) is 2. The zero-order valence-electron chi connectivity index (χ0n) is 11.7. The van der Waals surface area contributed by atoms with E-state index >= 15 is 0 Å². The molecule has 1 aliphatic rings. The normalized spacial score (nSPS) is 22.4. The van der Waals surface area contributed by atoms with Crippen LogP contribution in [0, 0.1) is 5.92 Å². The Hall–Kier alpha value is -1.33. The minimum atomic E-state index is -0.115. The smallest absolute Gasteiger partial charge is 0.251 e. The quantitative estimate of drug-likeness (QED) is 0.453. The van der Waals surface area contributed by atoms with E-state index in [0.29, 0.717) is 17.3 Å². The molecule has 20 heavy (non-hydrogen) atoms. The van der Waals surface area contributed by atoms with Crippen molar-refractivity contribution in [1.82, 2.24) is 10.3 Å². The number of rotatable bonds is 4. The van der Waals surface area contributed by atoms with Gasteiger partial charge in [-0.2, -0.15) is 0 Å². The average Bonchev–Trinajstić information content (AvgIpc) is 2.47. The summed E-state index contributed by atoms with van der Waals surface area (Å²) in [6.45, 7) is 2.18. The number of carbonyl (C=O) groups excluding carboxylic acids is 1. The second kappa shape index (κ2) is 6.90. The van der Waals surface area contributed by atoms with Gasteiger partial charge in [0.1, 0.15) is 11.0 Å². The second-order valence-corrected chi connectivity index (χ2v) is 5.63. The van der Waals surface area contributed by atoms with Gasteiger partial charge in [0.15, 0.2) is 0 Å². The number of anilines is 1. The highest BCUT2D eigenvalue weighted by Crippen LogP contribution is 2.27. The molecule has 1 fully saturated rings. The largest absolute Gasteiger partial charge is 0.349 e. The van der Waals surface area contributed by atoms with Gasteiger partial charge in [0, 0.05) is 11.6 Å². The molecule has 0 saturated heterocycles. The molecule has 4 N–H and O–H groups in total. The van der Waals surface area contributed by atoms with Crippen molar-refractivity contribution in [1.29, 1.82) is 0 Å². The highest BCUT2D eigenvalue weighted by molar-refractivity contribution is 6.29. The summed E-state index contributed by atoms with van der Waals surface area (Å²) in [5.74, 6) is 6.15. The van der Waals surface area contributed by atoms with E-state index in [4.69, 9.17) is 17.4 Å².